The van der Waals surface area contributed by atoms with Crippen molar-refractivity contribution >= 4 is 11.7 Å². The van der Waals surface area contributed by atoms with Gasteiger partial charge in [-0.3, -0.25) is 4.79 Å². The van der Waals surface area contributed by atoms with E-state index in [0.29, 0.717) is 28.6 Å². The van der Waals surface area contributed by atoms with Crippen LogP contribution < -0.4 is 14.8 Å². The van der Waals surface area contributed by atoms with E-state index in [1.807, 2.05) is 20.8 Å². The van der Waals surface area contributed by atoms with Crippen molar-refractivity contribution in [2.24, 2.45) is 0 Å². The highest BCUT2D eigenvalue weighted by Gasteiger charge is 2.22. The van der Waals surface area contributed by atoms with E-state index in [2.05, 4.69) is 10.5 Å². The van der Waals surface area contributed by atoms with E-state index >= 15 is 0 Å². The van der Waals surface area contributed by atoms with Crippen LogP contribution in [0.5, 0.6) is 11.5 Å². The average molecular weight is 304 g/mol. The van der Waals surface area contributed by atoms with Crippen LogP contribution >= 0.6 is 0 Å². The molecule has 0 unspecified atom stereocenters. The van der Waals surface area contributed by atoms with E-state index in [0.717, 1.165) is 0 Å². The van der Waals surface area contributed by atoms with E-state index in [1.165, 1.54) is 14.2 Å². The summed E-state index contributed by atoms with van der Waals surface area (Å²) < 4.78 is 15.7. The van der Waals surface area contributed by atoms with E-state index in [-0.39, 0.29) is 11.3 Å². The molecule has 0 fully saturated rings. The number of para-hydroxylation sites is 1. The number of benzene rings is 1. The molecule has 0 spiro atoms. The molecule has 0 aliphatic rings. The van der Waals surface area contributed by atoms with Crippen molar-refractivity contribution in [2.75, 3.05) is 19.5 Å². The lowest BCUT2D eigenvalue weighted by Crippen LogP contribution is -2.14. The molecule has 0 saturated carbocycles. The van der Waals surface area contributed by atoms with Crippen LogP contribution in [0, 0.1) is 0 Å². The minimum atomic E-state index is -0.343. The van der Waals surface area contributed by atoms with Crippen molar-refractivity contribution in [3.63, 3.8) is 0 Å². The fourth-order valence-corrected chi connectivity index (χ4v) is 1.94. The number of rotatable bonds is 4. The SMILES string of the molecule is COc1cccc(C(=O)Nc2cc(C(C)(C)C)on2)c1OC. The van der Waals surface area contributed by atoms with Gasteiger partial charge in [-0.15, -0.1) is 0 Å². The van der Waals surface area contributed by atoms with Gasteiger partial charge < -0.3 is 19.3 Å². The van der Waals surface area contributed by atoms with Gasteiger partial charge in [0, 0.05) is 11.5 Å². The standard InChI is InChI=1S/C16H20N2O4/c1-16(2,3)12-9-13(18-22-12)17-15(19)10-7-6-8-11(20-4)14(10)21-5/h6-9H,1-5H3,(H,17,18,19). The molecule has 0 aliphatic carbocycles. The molecule has 2 aromatic rings. The number of anilines is 1. The van der Waals surface area contributed by atoms with Crippen LogP contribution in [0.4, 0.5) is 5.82 Å². The summed E-state index contributed by atoms with van der Waals surface area (Å²) >= 11 is 0. The molecule has 6 nitrogen and oxygen atoms in total. The van der Waals surface area contributed by atoms with Gasteiger partial charge in [0.2, 0.25) is 0 Å². The van der Waals surface area contributed by atoms with Crippen molar-refractivity contribution < 1.29 is 18.8 Å². The van der Waals surface area contributed by atoms with E-state index in [4.69, 9.17) is 14.0 Å². The fourth-order valence-electron chi connectivity index (χ4n) is 1.94. The molecule has 0 bridgehead atoms. The lowest BCUT2D eigenvalue weighted by Gasteiger charge is -2.12. The first kappa shape index (κ1) is 15.9. The predicted octanol–water partition coefficient (Wildman–Crippen LogP) is 3.24. The summed E-state index contributed by atoms with van der Waals surface area (Å²) in [6.45, 7) is 6.01. The summed E-state index contributed by atoms with van der Waals surface area (Å²) in [6, 6.07) is 6.81. The minimum Gasteiger partial charge on any atom is -0.493 e. The molecule has 0 saturated heterocycles. The van der Waals surface area contributed by atoms with Crippen molar-refractivity contribution in [1.29, 1.82) is 0 Å². The highest BCUT2D eigenvalue weighted by Crippen LogP contribution is 2.31. The number of amides is 1. The van der Waals surface area contributed by atoms with Crippen molar-refractivity contribution in [3.05, 3.63) is 35.6 Å². The van der Waals surface area contributed by atoms with Crippen LogP contribution in [0.2, 0.25) is 0 Å². The Kier molecular flexibility index (Phi) is 4.40. The number of hydrogen-bond donors (Lipinski definition) is 1. The number of nitrogens with zero attached hydrogens (tertiary/aromatic N) is 1. The zero-order valence-electron chi connectivity index (χ0n) is 13.4. The van der Waals surface area contributed by atoms with Crippen molar-refractivity contribution in [1.82, 2.24) is 5.16 Å². The maximum atomic E-state index is 12.4. The fraction of sp³-hybridized carbons (Fsp3) is 0.375. The first-order valence-corrected chi connectivity index (χ1v) is 6.86. The van der Waals surface area contributed by atoms with Gasteiger partial charge in [0.25, 0.3) is 5.91 Å². The first-order chi connectivity index (χ1) is 10.4. The average Bonchev–Trinajstić information content (AvgIpc) is 2.94. The van der Waals surface area contributed by atoms with Gasteiger partial charge in [0.05, 0.1) is 19.8 Å². The molecule has 6 heteroatoms. The number of ether oxygens (including phenoxy) is 2. The highest BCUT2D eigenvalue weighted by molar-refractivity contribution is 6.06. The van der Waals surface area contributed by atoms with Crippen LogP contribution in [0.15, 0.2) is 28.8 Å². The van der Waals surface area contributed by atoms with Crippen molar-refractivity contribution in [2.45, 2.75) is 26.2 Å². The predicted molar refractivity (Wildman–Crippen MR) is 82.7 cm³/mol. The second kappa shape index (κ2) is 6.09. The molecule has 0 radical (unpaired) electrons. The zero-order valence-corrected chi connectivity index (χ0v) is 13.4. The largest absolute Gasteiger partial charge is 0.493 e. The number of carbonyl (C=O) groups excluding carboxylic acids is 1. The number of methoxy groups -OCH3 is 2. The lowest BCUT2D eigenvalue weighted by atomic mass is 9.93. The third-order valence-corrected chi connectivity index (χ3v) is 3.14. The van der Waals surface area contributed by atoms with Gasteiger partial charge in [-0.1, -0.05) is 32.0 Å². The summed E-state index contributed by atoms with van der Waals surface area (Å²) in [7, 11) is 3.01. The van der Waals surface area contributed by atoms with Gasteiger partial charge >= 0.3 is 0 Å². The number of carbonyl (C=O) groups is 1. The van der Waals surface area contributed by atoms with Gasteiger partial charge in [-0.05, 0) is 12.1 Å². The molecule has 0 aliphatic heterocycles. The second-order valence-electron chi connectivity index (χ2n) is 5.82. The number of hydrogen-bond acceptors (Lipinski definition) is 5. The Morgan fingerprint density at radius 2 is 1.95 bits per heavy atom. The third kappa shape index (κ3) is 3.21. The summed E-state index contributed by atoms with van der Waals surface area (Å²) in [5.41, 5.74) is 0.186. The van der Waals surface area contributed by atoms with Gasteiger partial charge in [-0.25, -0.2) is 0 Å². The minimum absolute atomic E-state index is 0.177. The van der Waals surface area contributed by atoms with Crippen LogP contribution in [0.3, 0.4) is 0 Å². The molecule has 118 valence electrons. The molecule has 1 amide bonds. The molecule has 1 aromatic heterocycles. The number of nitrogens with one attached hydrogen (secondary N) is 1. The van der Waals surface area contributed by atoms with Crippen LogP contribution in [-0.4, -0.2) is 25.3 Å². The Hall–Kier alpha value is -2.50. The Bertz CT molecular complexity index is 671. The molecule has 0 atom stereocenters. The molecular formula is C16H20N2O4. The normalized spacial score (nSPS) is 11.1. The Labute approximate surface area is 129 Å². The summed E-state index contributed by atoms with van der Waals surface area (Å²) in [6.07, 6.45) is 0. The first-order valence-electron chi connectivity index (χ1n) is 6.86. The van der Waals surface area contributed by atoms with Crippen molar-refractivity contribution in [3.8, 4) is 11.5 Å². The smallest absolute Gasteiger partial charge is 0.260 e. The Balaban J connectivity index is 2.25. The van der Waals surface area contributed by atoms with E-state index in [9.17, 15) is 4.79 Å². The maximum absolute atomic E-state index is 12.4. The molecular weight excluding hydrogens is 284 g/mol. The van der Waals surface area contributed by atoms with Crippen LogP contribution in [0.25, 0.3) is 0 Å². The third-order valence-electron chi connectivity index (χ3n) is 3.14. The van der Waals surface area contributed by atoms with Gasteiger partial charge in [0.15, 0.2) is 17.3 Å². The molecule has 1 N–H and O–H groups in total. The summed E-state index contributed by atoms with van der Waals surface area (Å²) in [4.78, 5) is 12.4. The van der Waals surface area contributed by atoms with Gasteiger partial charge in [0.1, 0.15) is 5.76 Å². The van der Waals surface area contributed by atoms with E-state index in [1.54, 1.807) is 24.3 Å². The molecule has 22 heavy (non-hydrogen) atoms. The molecule has 1 heterocycles. The summed E-state index contributed by atoms with van der Waals surface area (Å²) in [5.74, 6) is 1.58. The highest BCUT2D eigenvalue weighted by atomic mass is 16.5. The molecule has 2 rings (SSSR count). The van der Waals surface area contributed by atoms with Crippen LogP contribution in [-0.2, 0) is 5.41 Å². The maximum Gasteiger partial charge on any atom is 0.260 e. The summed E-state index contributed by atoms with van der Waals surface area (Å²) in [5, 5.41) is 6.56. The second-order valence-corrected chi connectivity index (χ2v) is 5.82. The topological polar surface area (TPSA) is 73.6 Å². The Morgan fingerprint density at radius 3 is 2.50 bits per heavy atom. The lowest BCUT2D eigenvalue weighted by molar-refractivity contribution is 0.102. The monoisotopic (exact) mass is 304 g/mol. The molecule has 1 aromatic carbocycles. The quantitative estimate of drug-likeness (QED) is 0.938. The number of aromatic nitrogens is 1. The van der Waals surface area contributed by atoms with E-state index < -0.39 is 0 Å². The zero-order chi connectivity index (χ0) is 16.3. The Morgan fingerprint density at radius 1 is 1.23 bits per heavy atom. The van der Waals surface area contributed by atoms with Gasteiger partial charge in [-0.2, -0.15) is 0 Å². The van der Waals surface area contributed by atoms with Crippen LogP contribution in [0.1, 0.15) is 36.9 Å².